The van der Waals surface area contributed by atoms with Crippen molar-refractivity contribution in [2.45, 2.75) is 12.4 Å². The molecule has 0 N–H and O–H groups in total. The van der Waals surface area contributed by atoms with Crippen LogP contribution in [0.2, 0.25) is 0 Å². The molecule has 0 aliphatic carbocycles. The molecule has 0 amide bonds. The molecule has 0 atom stereocenters. The van der Waals surface area contributed by atoms with Gasteiger partial charge in [0.05, 0.1) is 56.5 Å². The van der Waals surface area contributed by atoms with Crippen molar-refractivity contribution in [3.63, 3.8) is 0 Å². The van der Waals surface area contributed by atoms with Crippen LogP contribution in [0.3, 0.4) is 0 Å². The highest BCUT2D eigenvalue weighted by Gasteiger charge is 2.32. The van der Waals surface area contributed by atoms with Crippen molar-refractivity contribution in [1.82, 2.24) is 9.13 Å². The summed E-state index contributed by atoms with van der Waals surface area (Å²) >= 11 is 0. The number of nitriles is 2. The molecule has 246 valence electrons. The van der Waals surface area contributed by atoms with Crippen LogP contribution in [-0.2, 0) is 12.4 Å². The molecule has 0 aliphatic rings. The molecule has 0 fully saturated rings. The van der Waals surface area contributed by atoms with Gasteiger partial charge in [-0.1, -0.05) is 0 Å². The summed E-state index contributed by atoms with van der Waals surface area (Å²) in [4.78, 5) is 0. The summed E-state index contributed by atoms with van der Waals surface area (Å²) in [5, 5.41) is 22.2. The van der Waals surface area contributed by atoms with Crippen LogP contribution in [0.25, 0.3) is 76.9 Å². The molecule has 3 heterocycles. The molecule has 9 rings (SSSR count). The van der Waals surface area contributed by atoms with Crippen molar-refractivity contribution in [3.05, 3.63) is 131 Å². The average molecular weight is 685 g/mol. The van der Waals surface area contributed by atoms with Gasteiger partial charge in [-0.2, -0.15) is 36.9 Å². The van der Waals surface area contributed by atoms with Gasteiger partial charge in [-0.15, -0.1) is 0 Å². The van der Waals surface area contributed by atoms with Gasteiger partial charge >= 0.3 is 12.4 Å². The summed E-state index contributed by atoms with van der Waals surface area (Å²) in [5.41, 5.74) is 3.64. The molecule has 0 aliphatic heterocycles. The van der Waals surface area contributed by atoms with Crippen molar-refractivity contribution in [2.75, 3.05) is 0 Å². The third kappa shape index (κ3) is 4.55. The number of benzene rings is 6. The quantitative estimate of drug-likeness (QED) is 0.170. The zero-order valence-corrected chi connectivity index (χ0v) is 25.9. The predicted octanol–water partition coefficient (Wildman–Crippen LogP) is 11.6. The molecule has 0 spiro atoms. The Labute approximate surface area is 283 Å². The lowest BCUT2D eigenvalue weighted by atomic mass is 10.1. The normalized spacial score (nSPS) is 12.5. The molecular formula is C40H18F6N4O. The van der Waals surface area contributed by atoms with Gasteiger partial charge in [0.1, 0.15) is 11.2 Å². The fourth-order valence-corrected chi connectivity index (χ4v) is 7.13. The molecule has 0 unspecified atom stereocenters. The first kappa shape index (κ1) is 30.3. The number of alkyl halides is 6. The molecule has 0 radical (unpaired) electrons. The van der Waals surface area contributed by atoms with Crippen LogP contribution in [-0.4, -0.2) is 9.13 Å². The lowest BCUT2D eigenvalue weighted by Crippen LogP contribution is -2.04. The number of hydrogen-bond donors (Lipinski definition) is 0. The number of rotatable bonds is 2. The maximum Gasteiger partial charge on any atom is 0.416 e. The van der Waals surface area contributed by atoms with E-state index in [9.17, 15) is 36.9 Å². The maximum atomic E-state index is 13.8. The highest BCUT2D eigenvalue weighted by molar-refractivity contribution is 6.13. The Morgan fingerprint density at radius 2 is 0.804 bits per heavy atom. The minimum atomic E-state index is -4.56. The van der Waals surface area contributed by atoms with E-state index in [4.69, 9.17) is 4.42 Å². The topological polar surface area (TPSA) is 70.6 Å². The fraction of sp³-hybridized carbons (Fsp3) is 0.0500. The first-order valence-corrected chi connectivity index (χ1v) is 15.5. The van der Waals surface area contributed by atoms with Crippen LogP contribution in [0.5, 0.6) is 0 Å². The molecule has 0 saturated heterocycles. The monoisotopic (exact) mass is 684 g/mol. The van der Waals surface area contributed by atoms with Crippen LogP contribution < -0.4 is 0 Å². The Morgan fingerprint density at radius 3 is 1.18 bits per heavy atom. The van der Waals surface area contributed by atoms with Crippen molar-refractivity contribution in [3.8, 4) is 23.5 Å². The maximum absolute atomic E-state index is 13.8. The SMILES string of the molecule is N#Cc1ccc2c(c1)c1cc(C(F)(F)F)ccc1n2-c1ccc2oc3ccc(-n4c5ccc(C#N)cc5c5cc(C(F)(F)F)ccc54)cc3c2c1. The van der Waals surface area contributed by atoms with Crippen LogP contribution in [0.15, 0.2) is 114 Å². The standard InChI is InChI=1S/C40H18F6N4O/c41-39(42,43)23-3-9-35-29(15-23)27-13-21(19-47)1-7-33(27)49(35)25-5-11-37-31(17-25)32-18-26(6-12-38(32)51-37)50-34-8-2-22(20-48)14-28(34)30-16-24(40(44,45)46)4-10-36(30)50/h1-18H. The minimum Gasteiger partial charge on any atom is -0.456 e. The van der Waals surface area contributed by atoms with Crippen LogP contribution >= 0.6 is 0 Å². The highest BCUT2D eigenvalue weighted by Crippen LogP contribution is 2.41. The predicted molar refractivity (Wildman–Crippen MR) is 182 cm³/mol. The largest absolute Gasteiger partial charge is 0.456 e. The third-order valence-electron chi connectivity index (χ3n) is 9.40. The van der Waals surface area contributed by atoms with E-state index in [1.54, 1.807) is 60.7 Å². The Morgan fingerprint density at radius 1 is 0.431 bits per heavy atom. The Balaban J connectivity index is 1.28. The second-order valence-electron chi connectivity index (χ2n) is 12.3. The van der Waals surface area contributed by atoms with E-state index in [1.807, 2.05) is 21.3 Å². The molecule has 5 nitrogen and oxygen atoms in total. The average Bonchev–Trinajstić information content (AvgIpc) is 3.76. The van der Waals surface area contributed by atoms with Gasteiger partial charge in [0.2, 0.25) is 0 Å². The number of furan rings is 1. The van der Waals surface area contributed by atoms with Crippen LogP contribution in [0, 0.1) is 22.7 Å². The number of hydrogen-bond acceptors (Lipinski definition) is 3. The minimum absolute atomic E-state index is 0.311. The van der Waals surface area contributed by atoms with E-state index in [0.717, 1.165) is 24.3 Å². The number of fused-ring (bicyclic) bond motifs is 9. The van der Waals surface area contributed by atoms with Gasteiger partial charge in [0, 0.05) is 43.7 Å². The Kier molecular flexibility index (Phi) is 6.18. The first-order valence-electron chi connectivity index (χ1n) is 15.5. The third-order valence-corrected chi connectivity index (χ3v) is 9.40. The highest BCUT2D eigenvalue weighted by atomic mass is 19.4. The van der Waals surface area contributed by atoms with Crippen molar-refractivity contribution in [1.29, 1.82) is 10.5 Å². The van der Waals surface area contributed by atoms with Gasteiger partial charge in [-0.25, -0.2) is 0 Å². The van der Waals surface area contributed by atoms with Crippen molar-refractivity contribution >= 4 is 65.6 Å². The molecule has 51 heavy (non-hydrogen) atoms. The smallest absolute Gasteiger partial charge is 0.416 e. The van der Waals surface area contributed by atoms with E-state index in [0.29, 0.717) is 88.1 Å². The fourth-order valence-electron chi connectivity index (χ4n) is 7.13. The Hall–Kier alpha value is -6.72. The molecule has 9 aromatic rings. The summed E-state index contributed by atoms with van der Waals surface area (Å²) in [5.74, 6) is 0. The van der Waals surface area contributed by atoms with Gasteiger partial charge in [0.15, 0.2) is 0 Å². The Bertz CT molecular complexity index is 2830. The summed E-state index contributed by atoms with van der Waals surface area (Å²) in [6.45, 7) is 0. The van der Waals surface area contributed by atoms with Gasteiger partial charge in [-0.3, -0.25) is 0 Å². The van der Waals surface area contributed by atoms with E-state index in [-0.39, 0.29) is 0 Å². The van der Waals surface area contributed by atoms with Crippen molar-refractivity contribution < 1.29 is 30.8 Å². The lowest BCUT2D eigenvalue weighted by Gasteiger charge is -2.10. The van der Waals surface area contributed by atoms with E-state index in [2.05, 4.69) is 12.1 Å². The zero-order valence-electron chi connectivity index (χ0n) is 25.9. The van der Waals surface area contributed by atoms with Crippen LogP contribution in [0.4, 0.5) is 26.3 Å². The van der Waals surface area contributed by atoms with Gasteiger partial charge < -0.3 is 13.6 Å². The molecule has 6 aromatic carbocycles. The summed E-state index contributed by atoms with van der Waals surface area (Å²) in [7, 11) is 0. The lowest BCUT2D eigenvalue weighted by molar-refractivity contribution is -0.138. The first-order chi connectivity index (χ1) is 24.4. The summed E-state index contributed by atoms with van der Waals surface area (Å²) in [6.07, 6.45) is -9.12. The van der Waals surface area contributed by atoms with Crippen molar-refractivity contribution in [2.24, 2.45) is 0 Å². The number of halogens is 6. The summed E-state index contributed by atoms with van der Waals surface area (Å²) < 4.78 is 92.4. The summed E-state index contributed by atoms with van der Waals surface area (Å²) in [6, 6.07) is 31.9. The second kappa shape index (κ2) is 10.4. The molecule has 0 bridgehead atoms. The zero-order chi connectivity index (χ0) is 35.4. The van der Waals surface area contributed by atoms with Gasteiger partial charge in [-0.05, 0) is 109 Å². The molecule has 0 saturated carbocycles. The molecule has 3 aromatic heterocycles. The number of aromatic nitrogens is 2. The van der Waals surface area contributed by atoms with E-state index in [1.165, 1.54) is 12.1 Å². The number of nitrogens with zero attached hydrogens (tertiary/aromatic N) is 4. The van der Waals surface area contributed by atoms with E-state index >= 15 is 0 Å². The second-order valence-corrected chi connectivity index (χ2v) is 12.3. The van der Waals surface area contributed by atoms with Gasteiger partial charge in [0.25, 0.3) is 0 Å². The molecular weight excluding hydrogens is 666 g/mol. The van der Waals surface area contributed by atoms with Crippen LogP contribution in [0.1, 0.15) is 22.3 Å². The van der Waals surface area contributed by atoms with E-state index < -0.39 is 23.5 Å². The molecule has 11 heteroatoms.